The van der Waals surface area contributed by atoms with E-state index < -0.39 is 0 Å². The van der Waals surface area contributed by atoms with Crippen LogP contribution in [0.2, 0.25) is 0 Å². The fourth-order valence-corrected chi connectivity index (χ4v) is 3.38. The van der Waals surface area contributed by atoms with Crippen LogP contribution in [0.1, 0.15) is 10.7 Å². The zero-order valence-electron chi connectivity index (χ0n) is 11.3. The number of rotatable bonds is 1. The Morgan fingerprint density at radius 1 is 0.950 bits per heavy atom. The first-order chi connectivity index (χ1) is 9.69. The highest BCUT2D eigenvalue weighted by Gasteiger charge is 2.05. The molecule has 0 aliphatic heterocycles. The van der Waals surface area contributed by atoms with Crippen LogP contribution < -0.4 is 0 Å². The van der Waals surface area contributed by atoms with Gasteiger partial charge in [-0.3, -0.25) is 0 Å². The third-order valence-electron chi connectivity index (χ3n) is 3.40. The number of fused-ring (bicyclic) bond motifs is 2. The Morgan fingerprint density at radius 2 is 1.80 bits per heavy atom. The molecule has 3 heterocycles. The number of hydrogen-bond donors (Lipinski definition) is 0. The second-order valence-electron chi connectivity index (χ2n) is 4.98. The minimum Gasteiger partial charge on any atom is -0.306 e. The van der Waals surface area contributed by atoms with E-state index in [1.165, 1.54) is 15.8 Å². The average molecular weight is 279 g/mol. The van der Waals surface area contributed by atoms with Gasteiger partial charge < -0.3 is 4.40 Å². The number of aryl methyl sites for hydroxylation is 2. The molecule has 0 unspecified atom stereocenters. The molecular formula is C16H13N3S. The quantitative estimate of drug-likeness (QED) is 0.522. The minimum atomic E-state index is 0.987. The molecule has 0 fully saturated rings. The van der Waals surface area contributed by atoms with Crippen LogP contribution in [0.4, 0.5) is 0 Å². The van der Waals surface area contributed by atoms with Crippen molar-refractivity contribution in [2.45, 2.75) is 13.8 Å². The number of nitrogens with zero attached hydrogens (tertiary/aromatic N) is 3. The maximum Gasteiger partial charge on any atom is 0.136 e. The summed E-state index contributed by atoms with van der Waals surface area (Å²) in [4.78, 5) is 8.96. The van der Waals surface area contributed by atoms with Crippen LogP contribution in [-0.4, -0.2) is 14.4 Å². The topological polar surface area (TPSA) is 30.2 Å². The van der Waals surface area contributed by atoms with Crippen molar-refractivity contribution in [3.63, 3.8) is 0 Å². The summed E-state index contributed by atoms with van der Waals surface area (Å²) in [6.45, 7) is 4.06. The monoisotopic (exact) mass is 279 g/mol. The first kappa shape index (κ1) is 11.6. The largest absolute Gasteiger partial charge is 0.306 e. The highest BCUT2D eigenvalue weighted by molar-refractivity contribution is 7.18. The second kappa shape index (κ2) is 4.15. The van der Waals surface area contributed by atoms with Crippen LogP contribution in [0.15, 0.2) is 42.7 Å². The van der Waals surface area contributed by atoms with Gasteiger partial charge in [0.05, 0.1) is 20.9 Å². The van der Waals surface area contributed by atoms with E-state index >= 15 is 0 Å². The molecule has 1 aromatic carbocycles. The lowest BCUT2D eigenvalue weighted by molar-refractivity contribution is 1.19. The smallest absolute Gasteiger partial charge is 0.136 e. The third-order valence-corrected chi connectivity index (χ3v) is 4.33. The van der Waals surface area contributed by atoms with Gasteiger partial charge in [0.25, 0.3) is 0 Å². The summed E-state index contributed by atoms with van der Waals surface area (Å²) in [5.41, 5.74) is 5.52. The summed E-state index contributed by atoms with van der Waals surface area (Å²) in [6.07, 6.45) is 4.18. The summed E-state index contributed by atoms with van der Waals surface area (Å²) in [6, 6.07) is 10.6. The highest BCUT2D eigenvalue weighted by Crippen LogP contribution is 2.28. The van der Waals surface area contributed by atoms with E-state index in [-0.39, 0.29) is 0 Å². The Bertz CT molecular complexity index is 855. The van der Waals surface area contributed by atoms with E-state index in [1.807, 2.05) is 20.0 Å². The summed E-state index contributed by atoms with van der Waals surface area (Å²) in [5.74, 6) is 0. The van der Waals surface area contributed by atoms with Gasteiger partial charge in [-0.2, -0.15) is 0 Å². The lowest BCUT2D eigenvalue weighted by Crippen LogP contribution is -1.85. The van der Waals surface area contributed by atoms with Crippen molar-refractivity contribution in [3.8, 4) is 11.1 Å². The Labute approximate surface area is 120 Å². The van der Waals surface area contributed by atoms with Crippen LogP contribution in [0.25, 0.3) is 27.0 Å². The number of pyridine rings is 1. The number of thiazole rings is 1. The first-order valence-corrected chi connectivity index (χ1v) is 7.34. The molecule has 4 aromatic rings. The fourth-order valence-electron chi connectivity index (χ4n) is 2.51. The molecule has 0 atom stereocenters. The van der Waals surface area contributed by atoms with Gasteiger partial charge in [0.15, 0.2) is 0 Å². The molecule has 3 aromatic heterocycles. The maximum atomic E-state index is 4.50. The summed E-state index contributed by atoms with van der Waals surface area (Å²) in [7, 11) is 0. The summed E-state index contributed by atoms with van der Waals surface area (Å²) in [5, 5.41) is 1.11. The molecule has 3 nitrogen and oxygen atoms in total. The predicted molar refractivity (Wildman–Crippen MR) is 83.3 cm³/mol. The number of aromatic nitrogens is 3. The zero-order valence-corrected chi connectivity index (χ0v) is 12.1. The molecule has 20 heavy (non-hydrogen) atoms. The van der Waals surface area contributed by atoms with Gasteiger partial charge in [-0.25, -0.2) is 9.97 Å². The SMILES string of the molecule is Cc1cn2cc(-c3ccc4nc(C)sc4c3)ccc2n1. The molecule has 0 N–H and O–H groups in total. The third kappa shape index (κ3) is 1.80. The van der Waals surface area contributed by atoms with Crippen LogP contribution >= 0.6 is 11.3 Å². The maximum absolute atomic E-state index is 4.50. The number of imidazole rings is 1. The molecule has 0 aliphatic carbocycles. The molecule has 0 saturated heterocycles. The van der Waals surface area contributed by atoms with Crippen molar-refractivity contribution in [2.75, 3.05) is 0 Å². The van der Waals surface area contributed by atoms with Gasteiger partial charge in [0.2, 0.25) is 0 Å². The van der Waals surface area contributed by atoms with Crippen molar-refractivity contribution >= 4 is 27.2 Å². The van der Waals surface area contributed by atoms with E-state index in [1.54, 1.807) is 11.3 Å². The lowest BCUT2D eigenvalue weighted by atomic mass is 10.1. The molecule has 0 bridgehead atoms. The zero-order chi connectivity index (χ0) is 13.7. The number of hydrogen-bond acceptors (Lipinski definition) is 3. The van der Waals surface area contributed by atoms with Crippen molar-refractivity contribution in [1.82, 2.24) is 14.4 Å². The van der Waals surface area contributed by atoms with Gasteiger partial charge >= 0.3 is 0 Å². The summed E-state index contributed by atoms with van der Waals surface area (Å²) >= 11 is 1.74. The average Bonchev–Trinajstić information content (AvgIpc) is 2.97. The molecule has 0 radical (unpaired) electrons. The Hall–Kier alpha value is -2.20. The minimum absolute atomic E-state index is 0.987. The lowest BCUT2D eigenvalue weighted by Gasteiger charge is -2.02. The molecule has 0 spiro atoms. The fraction of sp³-hybridized carbons (Fsp3) is 0.125. The Kier molecular flexibility index (Phi) is 2.41. The van der Waals surface area contributed by atoms with Gasteiger partial charge in [0, 0.05) is 12.4 Å². The molecule has 4 rings (SSSR count). The van der Waals surface area contributed by atoms with E-state index in [4.69, 9.17) is 0 Å². The Morgan fingerprint density at radius 3 is 2.70 bits per heavy atom. The van der Waals surface area contributed by atoms with Gasteiger partial charge in [-0.15, -0.1) is 11.3 Å². The molecule has 0 saturated carbocycles. The van der Waals surface area contributed by atoms with Crippen molar-refractivity contribution in [3.05, 3.63) is 53.4 Å². The van der Waals surface area contributed by atoms with E-state index in [2.05, 4.69) is 50.9 Å². The van der Waals surface area contributed by atoms with E-state index in [9.17, 15) is 0 Å². The van der Waals surface area contributed by atoms with Crippen LogP contribution in [0.3, 0.4) is 0 Å². The summed E-state index contributed by atoms with van der Waals surface area (Å²) < 4.78 is 3.31. The van der Waals surface area contributed by atoms with Crippen LogP contribution in [-0.2, 0) is 0 Å². The van der Waals surface area contributed by atoms with Crippen molar-refractivity contribution in [1.29, 1.82) is 0 Å². The highest BCUT2D eigenvalue weighted by atomic mass is 32.1. The van der Waals surface area contributed by atoms with Gasteiger partial charge in [-0.1, -0.05) is 6.07 Å². The molecule has 4 heteroatoms. The van der Waals surface area contributed by atoms with Crippen LogP contribution in [0.5, 0.6) is 0 Å². The molecule has 0 amide bonds. The second-order valence-corrected chi connectivity index (χ2v) is 6.22. The number of benzene rings is 1. The van der Waals surface area contributed by atoms with Crippen molar-refractivity contribution in [2.24, 2.45) is 0 Å². The van der Waals surface area contributed by atoms with Gasteiger partial charge in [0.1, 0.15) is 5.65 Å². The Balaban J connectivity index is 1.90. The van der Waals surface area contributed by atoms with Crippen molar-refractivity contribution < 1.29 is 0 Å². The van der Waals surface area contributed by atoms with E-state index in [0.29, 0.717) is 0 Å². The van der Waals surface area contributed by atoms with Gasteiger partial charge in [-0.05, 0) is 49.2 Å². The molecular weight excluding hydrogens is 266 g/mol. The van der Waals surface area contributed by atoms with Crippen LogP contribution in [0, 0.1) is 13.8 Å². The first-order valence-electron chi connectivity index (χ1n) is 6.52. The molecule has 98 valence electrons. The van der Waals surface area contributed by atoms with E-state index in [0.717, 1.165) is 21.9 Å². The molecule has 0 aliphatic rings. The standard InChI is InChI=1S/C16H13N3S/c1-10-8-19-9-13(4-6-16(19)17-10)12-3-5-14-15(7-12)20-11(2)18-14/h3-9H,1-2H3. The predicted octanol–water partition coefficient (Wildman–Crippen LogP) is 4.23. The normalized spacial score (nSPS) is 11.5.